The van der Waals surface area contributed by atoms with Gasteiger partial charge >= 0.3 is 0 Å². The SMILES string of the molecule is NCCc1c(OCCOc2ccc(Cl)cc2)ccc2ccccc12. The molecule has 0 amide bonds. The molecule has 0 aromatic heterocycles. The third-order valence-corrected chi connectivity index (χ3v) is 4.07. The van der Waals surface area contributed by atoms with Gasteiger partial charge in [0, 0.05) is 10.6 Å². The molecule has 0 radical (unpaired) electrons. The van der Waals surface area contributed by atoms with Crippen LogP contribution < -0.4 is 15.2 Å². The molecule has 0 unspecified atom stereocenters. The first kappa shape index (κ1) is 16.6. The quantitative estimate of drug-likeness (QED) is 0.645. The van der Waals surface area contributed by atoms with Gasteiger partial charge in [-0.3, -0.25) is 0 Å². The van der Waals surface area contributed by atoms with Gasteiger partial charge in [-0.25, -0.2) is 0 Å². The summed E-state index contributed by atoms with van der Waals surface area (Å²) in [5.41, 5.74) is 6.93. The molecule has 4 heteroatoms. The van der Waals surface area contributed by atoms with Crippen LogP contribution in [0.3, 0.4) is 0 Å². The number of fused-ring (bicyclic) bond motifs is 1. The molecule has 0 aliphatic carbocycles. The zero-order valence-electron chi connectivity index (χ0n) is 13.4. The summed E-state index contributed by atoms with van der Waals surface area (Å²) in [5.74, 6) is 1.66. The summed E-state index contributed by atoms with van der Waals surface area (Å²) < 4.78 is 11.6. The predicted molar refractivity (Wildman–Crippen MR) is 99.1 cm³/mol. The van der Waals surface area contributed by atoms with Crippen molar-refractivity contribution < 1.29 is 9.47 Å². The van der Waals surface area contributed by atoms with E-state index in [0.717, 1.165) is 23.5 Å². The Balaban J connectivity index is 1.66. The summed E-state index contributed by atoms with van der Waals surface area (Å²) in [6.45, 7) is 1.53. The third-order valence-electron chi connectivity index (χ3n) is 3.82. The average molecular weight is 342 g/mol. The number of hydrogen-bond donors (Lipinski definition) is 1. The molecule has 24 heavy (non-hydrogen) atoms. The molecule has 0 aliphatic rings. The maximum atomic E-state index is 5.94. The summed E-state index contributed by atoms with van der Waals surface area (Å²) in [7, 11) is 0. The van der Waals surface area contributed by atoms with Gasteiger partial charge in [0.15, 0.2) is 0 Å². The van der Waals surface area contributed by atoms with Gasteiger partial charge in [0.05, 0.1) is 0 Å². The van der Waals surface area contributed by atoms with Crippen molar-refractivity contribution in [3.63, 3.8) is 0 Å². The lowest BCUT2D eigenvalue weighted by Crippen LogP contribution is -2.11. The highest BCUT2D eigenvalue weighted by Crippen LogP contribution is 2.28. The zero-order valence-corrected chi connectivity index (χ0v) is 14.1. The lowest BCUT2D eigenvalue weighted by Gasteiger charge is -2.14. The van der Waals surface area contributed by atoms with Crippen LogP contribution in [0.15, 0.2) is 60.7 Å². The fraction of sp³-hybridized carbons (Fsp3) is 0.200. The van der Waals surface area contributed by atoms with Crippen molar-refractivity contribution >= 4 is 22.4 Å². The molecular formula is C20H20ClNO2. The lowest BCUT2D eigenvalue weighted by molar-refractivity contribution is 0.216. The molecule has 3 nitrogen and oxygen atoms in total. The molecule has 0 fully saturated rings. The maximum absolute atomic E-state index is 5.94. The minimum atomic E-state index is 0.469. The number of benzene rings is 3. The largest absolute Gasteiger partial charge is 0.490 e. The third kappa shape index (κ3) is 3.99. The van der Waals surface area contributed by atoms with Crippen LogP contribution in [0.4, 0.5) is 0 Å². The van der Waals surface area contributed by atoms with Gasteiger partial charge in [-0.1, -0.05) is 41.9 Å². The van der Waals surface area contributed by atoms with E-state index in [1.165, 1.54) is 10.8 Å². The van der Waals surface area contributed by atoms with Crippen LogP contribution in [0.25, 0.3) is 10.8 Å². The van der Waals surface area contributed by atoms with E-state index in [2.05, 4.69) is 18.2 Å². The smallest absolute Gasteiger partial charge is 0.123 e. The first-order chi connectivity index (χ1) is 11.8. The van der Waals surface area contributed by atoms with E-state index in [-0.39, 0.29) is 0 Å². The molecule has 3 aromatic carbocycles. The first-order valence-electron chi connectivity index (χ1n) is 8.00. The minimum absolute atomic E-state index is 0.469. The highest BCUT2D eigenvalue weighted by molar-refractivity contribution is 6.30. The molecule has 0 saturated carbocycles. The Morgan fingerprint density at radius 3 is 2.38 bits per heavy atom. The van der Waals surface area contributed by atoms with Gasteiger partial charge in [-0.15, -0.1) is 0 Å². The van der Waals surface area contributed by atoms with E-state index in [4.69, 9.17) is 26.8 Å². The molecule has 0 heterocycles. The second-order valence-corrected chi connectivity index (χ2v) is 5.89. The molecule has 124 valence electrons. The molecule has 0 bridgehead atoms. The molecule has 0 saturated heterocycles. The molecule has 3 aromatic rings. The minimum Gasteiger partial charge on any atom is -0.490 e. The van der Waals surface area contributed by atoms with E-state index in [1.54, 1.807) is 12.1 Å². The van der Waals surface area contributed by atoms with E-state index < -0.39 is 0 Å². The molecule has 0 spiro atoms. The summed E-state index contributed by atoms with van der Waals surface area (Å²) in [4.78, 5) is 0. The van der Waals surface area contributed by atoms with Crippen molar-refractivity contribution in [1.29, 1.82) is 0 Å². The fourth-order valence-electron chi connectivity index (χ4n) is 2.70. The number of ether oxygens (including phenoxy) is 2. The van der Waals surface area contributed by atoms with Crippen LogP contribution in [-0.4, -0.2) is 19.8 Å². The van der Waals surface area contributed by atoms with Crippen LogP contribution in [0.5, 0.6) is 11.5 Å². The Morgan fingerprint density at radius 1 is 0.833 bits per heavy atom. The Labute approximate surface area is 147 Å². The number of hydrogen-bond acceptors (Lipinski definition) is 3. The highest BCUT2D eigenvalue weighted by Gasteiger charge is 2.08. The van der Waals surface area contributed by atoms with Gasteiger partial charge in [0.2, 0.25) is 0 Å². The van der Waals surface area contributed by atoms with Crippen LogP contribution in [0.1, 0.15) is 5.56 Å². The summed E-state index contributed by atoms with van der Waals surface area (Å²) in [6.07, 6.45) is 0.786. The van der Waals surface area contributed by atoms with Gasteiger partial charge < -0.3 is 15.2 Å². The molecular weight excluding hydrogens is 322 g/mol. The number of rotatable bonds is 7. The van der Waals surface area contributed by atoms with Crippen molar-refractivity contribution in [2.24, 2.45) is 5.73 Å². The van der Waals surface area contributed by atoms with Crippen molar-refractivity contribution in [3.8, 4) is 11.5 Å². The van der Waals surface area contributed by atoms with Crippen molar-refractivity contribution in [2.75, 3.05) is 19.8 Å². The molecule has 0 aliphatic heterocycles. The van der Waals surface area contributed by atoms with E-state index in [0.29, 0.717) is 24.8 Å². The normalized spacial score (nSPS) is 10.8. The lowest BCUT2D eigenvalue weighted by atomic mass is 10.0. The van der Waals surface area contributed by atoms with Crippen LogP contribution in [-0.2, 0) is 6.42 Å². The van der Waals surface area contributed by atoms with E-state index in [1.807, 2.05) is 30.3 Å². The standard InChI is InChI=1S/C20H20ClNO2/c21-16-6-8-17(9-7-16)23-13-14-24-20-10-5-15-3-1-2-4-18(15)19(20)11-12-22/h1-10H,11-14,22H2. The number of halogens is 1. The predicted octanol–water partition coefficient (Wildman–Crippen LogP) is 4.45. The van der Waals surface area contributed by atoms with Gasteiger partial charge in [0.25, 0.3) is 0 Å². The average Bonchev–Trinajstić information content (AvgIpc) is 2.62. The fourth-order valence-corrected chi connectivity index (χ4v) is 2.82. The van der Waals surface area contributed by atoms with Crippen molar-refractivity contribution in [1.82, 2.24) is 0 Å². The molecule has 3 rings (SSSR count). The topological polar surface area (TPSA) is 44.5 Å². The monoisotopic (exact) mass is 341 g/mol. The van der Waals surface area contributed by atoms with Crippen LogP contribution in [0.2, 0.25) is 5.02 Å². The van der Waals surface area contributed by atoms with Gasteiger partial charge in [0.1, 0.15) is 24.7 Å². The molecule has 2 N–H and O–H groups in total. The number of nitrogens with two attached hydrogens (primary N) is 1. The van der Waals surface area contributed by atoms with Gasteiger partial charge in [-0.05, 0) is 54.1 Å². The Bertz CT molecular complexity index is 802. The Kier molecular flexibility index (Phi) is 5.57. The van der Waals surface area contributed by atoms with Crippen molar-refractivity contribution in [3.05, 3.63) is 71.2 Å². The first-order valence-corrected chi connectivity index (χ1v) is 8.37. The second kappa shape index (κ2) is 8.04. The maximum Gasteiger partial charge on any atom is 0.123 e. The zero-order chi connectivity index (χ0) is 16.8. The van der Waals surface area contributed by atoms with Gasteiger partial charge in [-0.2, -0.15) is 0 Å². The van der Waals surface area contributed by atoms with Crippen molar-refractivity contribution in [2.45, 2.75) is 6.42 Å². The van der Waals surface area contributed by atoms with E-state index in [9.17, 15) is 0 Å². The Hall–Kier alpha value is -2.23. The summed E-state index contributed by atoms with van der Waals surface area (Å²) >= 11 is 5.86. The molecule has 0 atom stereocenters. The van der Waals surface area contributed by atoms with E-state index >= 15 is 0 Å². The highest BCUT2D eigenvalue weighted by atomic mass is 35.5. The Morgan fingerprint density at radius 2 is 1.58 bits per heavy atom. The second-order valence-electron chi connectivity index (χ2n) is 5.45. The van der Waals surface area contributed by atoms with Crippen LogP contribution in [0, 0.1) is 0 Å². The van der Waals surface area contributed by atoms with Crippen LogP contribution >= 0.6 is 11.6 Å². The summed E-state index contributed by atoms with van der Waals surface area (Å²) in [5, 5.41) is 3.09. The summed E-state index contributed by atoms with van der Waals surface area (Å²) in [6, 6.07) is 19.7.